The summed E-state index contributed by atoms with van der Waals surface area (Å²) in [6, 6.07) is 1.68. The molecule has 0 spiro atoms. The van der Waals surface area contributed by atoms with Gasteiger partial charge in [0.2, 0.25) is 17.6 Å². The summed E-state index contributed by atoms with van der Waals surface area (Å²) in [5.74, 6) is -8.00. The molecule has 0 radical (unpaired) electrons. The molecule has 1 aliphatic rings. The number of carbonyl (C=O) groups excluding carboxylic acids is 4. The maximum atomic E-state index is 13.3. The number of halogens is 6. The number of Topliss-reactive ketones (excluding diaryl/α,β-unsaturated/α-hetero) is 1. The summed E-state index contributed by atoms with van der Waals surface area (Å²) in [7, 11) is 1.13. The molecule has 1 fully saturated rings. The molecule has 1 aromatic rings. The summed E-state index contributed by atoms with van der Waals surface area (Å²) < 4.78 is 66.2. The second-order valence-electron chi connectivity index (χ2n) is 7.80. The van der Waals surface area contributed by atoms with Gasteiger partial charge >= 0.3 is 6.18 Å². The highest BCUT2D eigenvalue weighted by Gasteiger charge is 2.68. The molecule has 2 rings (SSSR count). The number of anilines is 1. The average molecular weight is 498 g/mol. The molecule has 1 aliphatic carbocycles. The standard InChI is InChI=1S/C20H21ClF5N3O4/c1-18(22,23)6-5-13(14(30)16(32)27-2)28-15(31)11-9-10(21)3-4-12(11)29-17(33)19(7-8-19)20(24,25)26/h3-4,9,13H,5-8H2,1-2H3,(H,27,32)(H,28,31)(H,29,33)/t13-/m0/s1. The first-order valence-corrected chi connectivity index (χ1v) is 10.1. The van der Waals surface area contributed by atoms with Crippen LogP contribution < -0.4 is 16.0 Å². The highest BCUT2D eigenvalue weighted by Crippen LogP contribution is 2.58. The van der Waals surface area contributed by atoms with E-state index in [0.29, 0.717) is 6.92 Å². The fourth-order valence-corrected chi connectivity index (χ4v) is 3.18. The van der Waals surface area contributed by atoms with E-state index in [1.165, 1.54) is 6.07 Å². The zero-order chi connectivity index (χ0) is 25.2. The van der Waals surface area contributed by atoms with Crippen LogP contribution in [0, 0.1) is 5.41 Å². The SMILES string of the molecule is CNC(=O)C(=O)[C@H](CCC(C)(F)F)NC(=O)c1cc(Cl)ccc1NC(=O)C1(C(F)(F)F)CC1. The maximum Gasteiger partial charge on any atom is 0.403 e. The first-order chi connectivity index (χ1) is 15.1. The summed E-state index contributed by atoms with van der Waals surface area (Å²) in [6.07, 6.45) is -7.05. The molecule has 0 bridgehead atoms. The number of benzene rings is 1. The number of hydrogen-bond acceptors (Lipinski definition) is 4. The fraction of sp³-hybridized carbons (Fsp3) is 0.500. The average Bonchev–Trinajstić information content (AvgIpc) is 3.52. The predicted molar refractivity (Wildman–Crippen MR) is 108 cm³/mol. The lowest BCUT2D eigenvalue weighted by Gasteiger charge is -2.21. The Kier molecular flexibility index (Phi) is 7.72. The number of ketones is 1. The molecule has 0 aliphatic heterocycles. The highest BCUT2D eigenvalue weighted by molar-refractivity contribution is 6.38. The minimum atomic E-state index is -4.79. The van der Waals surface area contributed by atoms with E-state index in [1.54, 1.807) is 0 Å². The molecule has 0 heterocycles. The first kappa shape index (κ1) is 26.5. The first-order valence-electron chi connectivity index (χ1n) is 9.73. The molecular formula is C20H21ClF5N3O4. The van der Waals surface area contributed by atoms with E-state index >= 15 is 0 Å². The molecule has 0 unspecified atom stereocenters. The second kappa shape index (κ2) is 9.62. The van der Waals surface area contributed by atoms with Crippen LogP contribution in [0.15, 0.2) is 18.2 Å². The molecule has 7 nitrogen and oxygen atoms in total. The summed E-state index contributed by atoms with van der Waals surface area (Å²) in [5, 5.41) is 6.19. The Morgan fingerprint density at radius 2 is 1.73 bits per heavy atom. The quantitative estimate of drug-likeness (QED) is 0.359. The molecule has 1 atom stereocenters. The van der Waals surface area contributed by atoms with Gasteiger partial charge in [-0.05, 0) is 44.4 Å². The van der Waals surface area contributed by atoms with Crippen molar-refractivity contribution in [2.45, 2.75) is 50.7 Å². The van der Waals surface area contributed by atoms with Crippen LogP contribution in [0.3, 0.4) is 0 Å². The van der Waals surface area contributed by atoms with E-state index in [4.69, 9.17) is 11.6 Å². The molecule has 0 saturated heterocycles. The largest absolute Gasteiger partial charge is 0.403 e. The Hall–Kier alpha value is -2.76. The number of carbonyl (C=O) groups is 4. The van der Waals surface area contributed by atoms with E-state index in [-0.39, 0.29) is 10.7 Å². The van der Waals surface area contributed by atoms with Gasteiger partial charge in [0.05, 0.1) is 17.3 Å². The topological polar surface area (TPSA) is 104 Å². The van der Waals surface area contributed by atoms with Crippen LogP contribution in [0.5, 0.6) is 0 Å². The van der Waals surface area contributed by atoms with Crippen LogP contribution in [0.25, 0.3) is 0 Å². The third-order valence-electron chi connectivity index (χ3n) is 5.15. The molecule has 1 aromatic carbocycles. The molecule has 1 saturated carbocycles. The lowest BCUT2D eigenvalue weighted by molar-refractivity contribution is -0.189. The van der Waals surface area contributed by atoms with Crippen LogP contribution in [-0.2, 0) is 14.4 Å². The van der Waals surface area contributed by atoms with Gasteiger partial charge in [-0.2, -0.15) is 13.2 Å². The van der Waals surface area contributed by atoms with Crippen LogP contribution >= 0.6 is 11.6 Å². The number of likely N-dealkylation sites (N-methyl/N-ethyl adjacent to an activating group) is 1. The Morgan fingerprint density at radius 3 is 2.21 bits per heavy atom. The van der Waals surface area contributed by atoms with Gasteiger partial charge < -0.3 is 16.0 Å². The summed E-state index contributed by atoms with van der Waals surface area (Å²) in [5.41, 5.74) is -3.30. The number of nitrogens with one attached hydrogen (secondary N) is 3. The molecule has 0 aromatic heterocycles. The van der Waals surface area contributed by atoms with Gasteiger partial charge in [0.1, 0.15) is 5.41 Å². The van der Waals surface area contributed by atoms with Crippen molar-refractivity contribution >= 4 is 40.8 Å². The monoisotopic (exact) mass is 497 g/mol. The van der Waals surface area contributed by atoms with Gasteiger partial charge in [-0.3, -0.25) is 19.2 Å². The third kappa shape index (κ3) is 6.40. The normalized spacial score (nSPS) is 15.9. The van der Waals surface area contributed by atoms with Crippen molar-refractivity contribution in [1.29, 1.82) is 0 Å². The van der Waals surface area contributed by atoms with Crippen LogP contribution in [0.2, 0.25) is 5.02 Å². The minimum absolute atomic E-state index is 0.0237. The van der Waals surface area contributed by atoms with Crippen molar-refractivity contribution in [3.63, 3.8) is 0 Å². The van der Waals surface area contributed by atoms with Gasteiger partial charge in [0, 0.05) is 18.5 Å². The van der Waals surface area contributed by atoms with Crippen molar-refractivity contribution in [2.75, 3.05) is 12.4 Å². The van der Waals surface area contributed by atoms with E-state index in [1.807, 2.05) is 5.32 Å². The van der Waals surface area contributed by atoms with Crippen LogP contribution in [-0.4, -0.2) is 48.7 Å². The van der Waals surface area contributed by atoms with Gasteiger partial charge in [0.15, 0.2) is 0 Å². The van der Waals surface area contributed by atoms with Crippen molar-refractivity contribution in [3.8, 4) is 0 Å². The van der Waals surface area contributed by atoms with Gasteiger partial charge in [-0.25, -0.2) is 8.78 Å². The predicted octanol–water partition coefficient (Wildman–Crippen LogP) is 3.47. The van der Waals surface area contributed by atoms with E-state index < -0.39 is 78.3 Å². The zero-order valence-corrected chi connectivity index (χ0v) is 18.3. The van der Waals surface area contributed by atoms with E-state index in [9.17, 15) is 41.1 Å². The Labute approximate surface area is 190 Å². The van der Waals surface area contributed by atoms with Crippen LogP contribution in [0.1, 0.15) is 43.0 Å². The maximum absolute atomic E-state index is 13.3. The van der Waals surface area contributed by atoms with Gasteiger partial charge in [-0.15, -0.1) is 0 Å². The van der Waals surface area contributed by atoms with Gasteiger partial charge in [0.25, 0.3) is 11.8 Å². The van der Waals surface area contributed by atoms with Crippen molar-refractivity contribution in [3.05, 3.63) is 28.8 Å². The number of amides is 3. The van der Waals surface area contributed by atoms with E-state index in [0.717, 1.165) is 19.2 Å². The Balaban J connectivity index is 2.29. The fourth-order valence-electron chi connectivity index (χ4n) is 3.00. The molecule has 33 heavy (non-hydrogen) atoms. The van der Waals surface area contributed by atoms with Crippen LogP contribution in [0.4, 0.5) is 27.6 Å². The number of rotatable bonds is 9. The van der Waals surface area contributed by atoms with E-state index in [2.05, 4.69) is 10.6 Å². The zero-order valence-electron chi connectivity index (χ0n) is 17.5. The van der Waals surface area contributed by atoms with Crippen molar-refractivity contribution < 1.29 is 41.1 Å². The van der Waals surface area contributed by atoms with Crippen molar-refractivity contribution in [2.24, 2.45) is 5.41 Å². The number of alkyl halides is 5. The highest BCUT2D eigenvalue weighted by atomic mass is 35.5. The molecule has 182 valence electrons. The second-order valence-corrected chi connectivity index (χ2v) is 8.24. The summed E-state index contributed by atoms with van der Waals surface area (Å²) in [6.45, 7) is 0.592. The lowest BCUT2D eigenvalue weighted by atomic mass is 10.0. The smallest absolute Gasteiger partial charge is 0.353 e. The lowest BCUT2D eigenvalue weighted by Crippen LogP contribution is -2.47. The number of hydrogen-bond donors (Lipinski definition) is 3. The molecule has 13 heteroatoms. The van der Waals surface area contributed by atoms with Crippen molar-refractivity contribution in [1.82, 2.24) is 10.6 Å². The Morgan fingerprint density at radius 1 is 1.12 bits per heavy atom. The minimum Gasteiger partial charge on any atom is -0.353 e. The molecule has 3 N–H and O–H groups in total. The summed E-state index contributed by atoms with van der Waals surface area (Å²) >= 11 is 5.86. The third-order valence-corrected chi connectivity index (χ3v) is 5.38. The molecular weight excluding hydrogens is 477 g/mol. The van der Waals surface area contributed by atoms with Gasteiger partial charge in [-0.1, -0.05) is 11.6 Å². The molecule has 3 amide bonds. The summed E-state index contributed by atoms with van der Waals surface area (Å²) in [4.78, 5) is 49.0. The Bertz CT molecular complexity index is 958.